The number of aliphatic hydroxyl groups is 1. The highest BCUT2D eigenvalue weighted by atomic mass is 16.6. The fourth-order valence-electron chi connectivity index (χ4n) is 1.75. The van der Waals surface area contributed by atoms with Crippen molar-refractivity contribution in [2.75, 3.05) is 0 Å². The average Bonchev–Trinajstić information content (AvgIpc) is 2.92. The normalized spacial score (nSPS) is 10.5. The van der Waals surface area contributed by atoms with Gasteiger partial charge in [-0.1, -0.05) is 0 Å². The van der Waals surface area contributed by atoms with Crippen LogP contribution in [-0.4, -0.2) is 24.8 Å². The molecule has 0 aliphatic rings. The zero-order valence-electron chi connectivity index (χ0n) is 10.9. The first-order chi connectivity index (χ1) is 9.65. The first kappa shape index (κ1) is 13.9. The molecule has 8 heteroatoms. The standard InChI is InChI=1S/C12H14N4O4/c1-2-15-12(13-8-14-15)7-20-11-4-3-10(16(18)19)5-9(11)6-17/h3-5,8,17H,2,6-7H2,1H3. The summed E-state index contributed by atoms with van der Waals surface area (Å²) in [7, 11) is 0. The van der Waals surface area contributed by atoms with Crippen molar-refractivity contribution in [3.63, 3.8) is 0 Å². The van der Waals surface area contributed by atoms with E-state index in [4.69, 9.17) is 4.74 Å². The van der Waals surface area contributed by atoms with Gasteiger partial charge in [-0.2, -0.15) is 5.10 Å². The van der Waals surface area contributed by atoms with Gasteiger partial charge in [-0.25, -0.2) is 9.67 Å². The Morgan fingerprint density at radius 3 is 2.95 bits per heavy atom. The monoisotopic (exact) mass is 278 g/mol. The van der Waals surface area contributed by atoms with Gasteiger partial charge in [0.1, 0.15) is 18.7 Å². The predicted molar refractivity (Wildman–Crippen MR) is 69.0 cm³/mol. The fourth-order valence-corrected chi connectivity index (χ4v) is 1.75. The maximum Gasteiger partial charge on any atom is 0.270 e. The summed E-state index contributed by atoms with van der Waals surface area (Å²) in [4.78, 5) is 14.2. The second kappa shape index (κ2) is 6.11. The molecule has 0 bridgehead atoms. The molecular weight excluding hydrogens is 264 g/mol. The number of aliphatic hydroxyl groups excluding tert-OH is 1. The van der Waals surface area contributed by atoms with Crippen LogP contribution in [0.3, 0.4) is 0 Å². The molecule has 1 heterocycles. The smallest absolute Gasteiger partial charge is 0.270 e. The number of hydrogen-bond acceptors (Lipinski definition) is 6. The fraction of sp³-hybridized carbons (Fsp3) is 0.333. The Hall–Kier alpha value is -2.48. The van der Waals surface area contributed by atoms with Gasteiger partial charge in [0.05, 0.1) is 11.5 Å². The molecule has 0 amide bonds. The zero-order valence-corrected chi connectivity index (χ0v) is 10.9. The van der Waals surface area contributed by atoms with E-state index in [-0.39, 0.29) is 18.9 Å². The zero-order chi connectivity index (χ0) is 14.5. The summed E-state index contributed by atoms with van der Waals surface area (Å²) in [5.41, 5.74) is 0.278. The van der Waals surface area contributed by atoms with Gasteiger partial charge in [-0.05, 0) is 13.0 Å². The molecule has 20 heavy (non-hydrogen) atoms. The number of benzene rings is 1. The molecule has 2 aromatic rings. The van der Waals surface area contributed by atoms with Crippen LogP contribution in [-0.2, 0) is 19.8 Å². The van der Waals surface area contributed by atoms with Gasteiger partial charge < -0.3 is 9.84 Å². The van der Waals surface area contributed by atoms with Crippen LogP contribution in [0.2, 0.25) is 0 Å². The van der Waals surface area contributed by atoms with Crippen molar-refractivity contribution in [1.29, 1.82) is 0 Å². The highest BCUT2D eigenvalue weighted by Gasteiger charge is 2.12. The van der Waals surface area contributed by atoms with E-state index in [1.807, 2.05) is 6.92 Å². The molecule has 0 atom stereocenters. The van der Waals surface area contributed by atoms with E-state index in [9.17, 15) is 15.2 Å². The Balaban J connectivity index is 2.15. The van der Waals surface area contributed by atoms with Crippen molar-refractivity contribution in [1.82, 2.24) is 14.8 Å². The number of nitro groups is 1. The molecule has 0 spiro atoms. The summed E-state index contributed by atoms with van der Waals surface area (Å²) in [6.07, 6.45) is 1.44. The minimum absolute atomic E-state index is 0.0851. The summed E-state index contributed by atoms with van der Waals surface area (Å²) in [6.45, 7) is 2.45. The molecule has 1 aromatic heterocycles. The van der Waals surface area contributed by atoms with Gasteiger partial charge >= 0.3 is 0 Å². The summed E-state index contributed by atoms with van der Waals surface area (Å²) >= 11 is 0. The maximum atomic E-state index is 10.7. The Morgan fingerprint density at radius 2 is 2.30 bits per heavy atom. The lowest BCUT2D eigenvalue weighted by Gasteiger charge is -2.10. The van der Waals surface area contributed by atoms with E-state index in [1.54, 1.807) is 4.68 Å². The Bertz CT molecular complexity index is 611. The van der Waals surface area contributed by atoms with Crippen molar-refractivity contribution < 1.29 is 14.8 Å². The number of nitrogens with zero attached hydrogens (tertiary/aromatic N) is 4. The van der Waals surface area contributed by atoms with E-state index < -0.39 is 4.92 Å². The predicted octanol–water partition coefficient (Wildman–Crippen LogP) is 1.28. The number of nitro benzene ring substituents is 1. The van der Waals surface area contributed by atoms with Gasteiger partial charge in [-0.15, -0.1) is 0 Å². The van der Waals surface area contributed by atoms with Crippen LogP contribution in [0.1, 0.15) is 18.3 Å². The molecule has 2 rings (SSSR count). The third kappa shape index (κ3) is 2.91. The van der Waals surface area contributed by atoms with Crippen LogP contribution in [0, 0.1) is 10.1 Å². The number of aryl methyl sites for hydroxylation is 1. The molecule has 0 fully saturated rings. The summed E-state index contributed by atoms with van der Waals surface area (Å²) < 4.78 is 7.23. The van der Waals surface area contributed by atoms with Gasteiger partial charge in [0.25, 0.3) is 5.69 Å². The third-order valence-corrected chi connectivity index (χ3v) is 2.78. The second-order valence-electron chi connectivity index (χ2n) is 3.99. The van der Waals surface area contributed by atoms with Gasteiger partial charge in [0.2, 0.25) is 0 Å². The minimum atomic E-state index is -0.517. The molecule has 0 aliphatic heterocycles. The molecule has 0 radical (unpaired) electrons. The molecule has 1 N–H and O–H groups in total. The van der Waals surface area contributed by atoms with E-state index in [1.165, 1.54) is 24.5 Å². The largest absolute Gasteiger partial charge is 0.485 e. The second-order valence-corrected chi connectivity index (χ2v) is 3.99. The minimum Gasteiger partial charge on any atom is -0.485 e. The molecule has 8 nitrogen and oxygen atoms in total. The SMILES string of the molecule is CCn1ncnc1COc1ccc([N+](=O)[O-])cc1CO. The van der Waals surface area contributed by atoms with Crippen molar-refractivity contribution >= 4 is 5.69 Å². The Labute approximate surface area is 114 Å². The number of non-ortho nitro benzene ring substituents is 1. The van der Waals surface area contributed by atoms with Crippen molar-refractivity contribution in [2.45, 2.75) is 26.7 Å². The van der Waals surface area contributed by atoms with Crippen LogP contribution < -0.4 is 4.74 Å². The molecular formula is C12H14N4O4. The Morgan fingerprint density at radius 1 is 1.50 bits per heavy atom. The first-order valence-electron chi connectivity index (χ1n) is 6.03. The molecule has 0 unspecified atom stereocenters. The lowest BCUT2D eigenvalue weighted by atomic mass is 10.2. The summed E-state index contributed by atoms with van der Waals surface area (Å²) in [5.74, 6) is 1.04. The van der Waals surface area contributed by atoms with Gasteiger partial charge in [0, 0.05) is 24.2 Å². The van der Waals surface area contributed by atoms with Crippen LogP contribution in [0.25, 0.3) is 0 Å². The number of rotatable bonds is 6. The van der Waals surface area contributed by atoms with Crippen LogP contribution >= 0.6 is 0 Å². The highest BCUT2D eigenvalue weighted by molar-refractivity contribution is 5.43. The van der Waals surface area contributed by atoms with Crippen LogP contribution in [0.5, 0.6) is 5.75 Å². The highest BCUT2D eigenvalue weighted by Crippen LogP contribution is 2.24. The van der Waals surface area contributed by atoms with Crippen LogP contribution in [0.4, 0.5) is 5.69 Å². The quantitative estimate of drug-likeness (QED) is 0.630. The van der Waals surface area contributed by atoms with Crippen molar-refractivity contribution in [3.8, 4) is 5.75 Å². The number of hydrogen-bond donors (Lipinski definition) is 1. The summed E-state index contributed by atoms with van der Waals surface area (Å²) in [6, 6.07) is 4.09. The van der Waals surface area contributed by atoms with Gasteiger partial charge in [-0.3, -0.25) is 10.1 Å². The number of aromatic nitrogens is 3. The third-order valence-electron chi connectivity index (χ3n) is 2.78. The van der Waals surface area contributed by atoms with Crippen molar-refractivity contribution in [3.05, 3.63) is 46.0 Å². The average molecular weight is 278 g/mol. The molecule has 0 saturated carbocycles. The van der Waals surface area contributed by atoms with E-state index in [0.717, 1.165) is 0 Å². The molecule has 0 aliphatic carbocycles. The number of ether oxygens (including phenoxy) is 1. The van der Waals surface area contributed by atoms with E-state index >= 15 is 0 Å². The lowest BCUT2D eigenvalue weighted by molar-refractivity contribution is -0.385. The molecule has 1 aromatic carbocycles. The van der Waals surface area contributed by atoms with E-state index in [2.05, 4.69) is 10.1 Å². The summed E-state index contributed by atoms with van der Waals surface area (Å²) in [5, 5.41) is 23.9. The Kier molecular flexibility index (Phi) is 4.26. The molecule has 106 valence electrons. The van der Waals surface area contributed by atoms with E-state index in [0.29, 0.717) is 23.7 Å². The first-order valence-corrected chi connectivity index (χ1v) is 6.03. The van der Waals surface area contributed by atoms with Crippen molar-refractivity contribution in [2.24, 2.45) is 0 Å². The van der Waals surface area contributed by atoms with Gasteiger partial charge in [0.15, 0.2) is 5.82 Å². The topological polar surface area (TPSA) is 103 Å². The van der Waals surface area contributed by atoms with Crippen LogP contribution in [0.15, 0.2) is 24.5 Å². The maximum absolute atomic E-state index is 10.7. The lowest BCUT2D eigenvalue weighted by Crippen LogP contribution is -2.08. The molecule has 0 saturated heterocycles.